The Morgan fingerprint density at radius 3 is 2.85 bits per heavy atom. The average molecular weight is 392 g/mol. The summed E-state index contributed by atoms with van der Waals surface area (Å²) >= 11 is 0. The van der Waals surface area contributed by atoms with Gasteiger partial charge in [0, 0.05) is 19.3 Å². The zero-order valence-electron chi connectivity index (χ0n) is 12.3. The Labute approximate surface area is 138 Å². The van der Waals surface area contributed by atoms with Crippen molar-refractivity contribution in [3.8, 4) is 5.75 Å². The summed E-state index contributed by atoms with van der Waals surface area (Å²) < 4.78 is 5.55. The minimum absolute atomic E-state index is 0. The van der Waals surface area contributed by atoms with Gasteiger partial charge in [-0.2, -0.15) is 0 Å². The molecule has 1 aromatic heterocycles. The maximum atomic E-state index is 5.55. The largest absolute Gasteiger partial charge is 0.490 e. The molecular weight excluding hydrogens is 367 g/mol. The molecule has 6 heteroatoms. The van der Waals surface area contributed by atoms with E-state index < -0.39 is 0 Å². The van der Waals surface area contributed by atoms with Crippen molar-refractivity contribution in [1.29, 1.82) is 0 Å². The van der Waals surface area contributed by atoms with E-state index in [9.17, 15) is 0 Å². The quantitative estimate of drug-likeness (QED) is 0.309. The first-order chi connectivity index (χ1) is 9.36. The van der Waals surface area contributed by atoms with Crippen molar-refractivity contribution in [2.24, 2.45) is 4.99 Å². The van der Waals surface area contributed by atoms with Crippen LogP contribution >= 0.6 is 24.0 Å². The van der Waals surface area contributed by atoms with E-state index in [0.717, 1.165) is 37.6 Å². The number of unbranched alkanes of at least 4 members (excludes halogenated alkanes) is 1. The fourth-order valence-corrected chi connectivity index (χ4v) is 1.46. The normalized spacial score (nSPS) is 10.6. The summed E-state index contributed by atoms with van der Waals surface area (Å²) in [6.45, 7) is 7.24. The van der Waals surface area contributed by atoms with Gasteiger partial charge >= 0.3 is 0 Å². The number of hydrogen-bond donors (Lipinski definition) is 2. The molecule has 0 aromatic carbocycles. The lowest BCUT2D eigenvalue weighted by atomic mass is 10.3. The van der Waals surface area contributed by atoms with E-state index in [0.29, 0.717) is 13.2 Å². The molecule has 0 saturated heterocycles. The predicted molar refractivity (Wildman–Crippen MR) is 94.0 cm³/mol. The van der Waals surface area contributed by atoms with E-state index in [-0.39, 0.29) is 24.0 Å². The van der Waals surface area contributed by atoms with Crippen LogP contribution in [-0.4, -0.2) is 37.2 Å². The van der Waals surface area contributed by atoms with Crippen LogP contribution in [0.2, 0.25) is 0 Å². The van der Waals surface area contributed by atoms with E-state index >= 15 is 0 Å². The number of nitrogens with zero attached hydrogens (tertiary/aromatic N) is 2. The van der Waals surface area contributed by atoms with Gasteiger partial charge in [-0.1, -0.05) is 13.3 Å². The Kier molecular flexibility index (Phi) is 12.3. The number of guanidine groups is 1. The van der Waals surface area contributed by atoms with Crippen molar-refractivity contribution in [3.63, 3.8) is 0 Å². The average Bonchev–Trinajstić information content (AvgIpc) is 2.45. The summed E-state index contributed by atoms with van der Waals surface area (Å²) in [4.78, 5) is 8.47. The maximum Gasteiger partial charge on any atom is 0.191 e. The molecule has 1 rings (SSSR count). The van der Waals surface area contributed by atoms with E-state index in [1.165, 1.54) is 0 Å². The fraction of sp³-hybridized carbons (Fsp3) is 0.571. The first-order valence-electron chi connectivity index (χ1n) is 6.91. The van der Waals surface area contributed by atoms with Crippen molar-refractivity contribution in [1.82, 2.24) is 15.6 Å². The van der Waals surface area contributed by atoms with E-state index in [4.69, 9.17) is 4.74 Å². The third-order valence-electron chi connectivity index (χ3n) is 2.42. The molecule has 0 aliphatic carbocycles. The zero-order chi connectivity index (χ0) is 13.8. The van der Waals surface area contributed by atoms with Crippen LogP contribution in [0.4, 0.5) is 0 Å². The summed E-state index contributed by atoms with van der Waals surface area (Å²) in [5, 5.41) is 6.45. The fourth-order valence-electron chi connectivity index (χ4n) is 1.46. The van der Waals surface area contributed by atoms with E-state index in [1.807, 2.05) is 12.1 Å². The monoisotopic (exact) mass is 392 g/mol. The number of halogens is 1. The molecule has 0 aliphatic heterocycles. The highest BCUT2D eigenvalue weighted by molar-refractivity contribution is 14.0. The highest BCUT2D eigenvalue weighted by Gasteiger charge is 1.97. The van der Waals surface area contributed by atoms with Crippen LogP contribution in [0.25, 0.3) is 0 Å². The van der Waals surface area contributed by atoms with Crippen LogP contribution in [0.1, 0.15) is 26.7 Å². The number of pyridine rings is 1. The van der Waals surface area contributed by atoms with Crippen LogP contribution in [0.15, 0.2) is 29.5 Å². The molecule has 1 heterocycles. The molecule has 20 heavy (non-hydrogen) atoms. The van der Waals surface area contributed by atoms with Crippen LogP contribution in [-0.2, 0) is 0 Å². The molecule has 114 valence electrons. The topological polar surface area (TPSA) is 58.5 Å². The first kappa shape index (κ1) is 18.9. The molecule has 1 aromatic rings. The molecule has 0 unspecified atom stereocenters. The van der Waals surface area contributed by atoms with E-state index in [2.05, 4.69) is 34.5 Å². The molecule has 0 atom stereocenters. The van der Waals surface area contributed by atoms with Gasteiger partial charge in [0.15, 0.2) is 5.96 Å². The molecule has 0 bridgehead atoms. The molecule has 5 nitrogen and oxygen atoms in total. The SMILES string of the molecule is CCCCN=C(NCC)NCCOc1cccnc1.I. The zero-order valence-corrected chi connectivity index (χ0v) is 14.6. The number of rotatable bonds is 8. The minimum atomic E-state index is 0. The summed E-state index contributed by atoms with van der Waals surface area (Å²) in [6, 6.07) is 3.76. The first-order valence-corrected chi connectivity index (χ1v) is 6.91. The van der Waals surface area contributed by atoms with Crippen molar-refractivity contribution >= 4 is 29.9 Å². The molecule has 0 saturated carbocycles. The third kappa shape index (κ3) is 8.95. The Bertz CT molecular complexity index is 359. The van der Waals surface area contributed by atoms with Gasteiger partial charge in [-0.15, -0.1) is 24.0 Å². The lowest BCUT2D eigenvalue weighted by Crippen LogP contribution is -2.39. The molecule has 0 fully saturated rings. The van der Waals surface area contributed by atoms with Gasteiger partial charge in [-0.3, -0.25) is 9.98 Å². The number of aliphatic imine (C=N–C) groups is 1. The smallest absolute Gasteiger partial charge is 0.191 e. The van der Waals surface area contributed by atoms with Crippen LogP contribution < -0.4 is 15.4 Å². The summed E-state index contributed by atoms with van der Waals surface area (Å²) in [5.41, 5.74) is 0. The number of ether oxygens (including phenoxy) is 1. The Hall–Kier alpha value is -1.05. The van der Waals surface area contributed by atoms with Gasteiger partial charge in [-0.05, 0) is 25.5 Å². The van der Waals surface area contributed by atoms with Gasteiger partial charge in [0.2, 0.25) is 0 Å². The minimum Gasteiger partial charge on any atom is -0.490 e. The van der Waals surface area contributed by atoms with Crippen molar-refractivity contribution in [2.75, 3.05) is 26.2 Å². The number of hydrogen-bond acceptors (Lipinski definition) is 3. The Morgan fingerprint density at radius 1 is 1.35 bits per heavy atom. The molecular formula is C14H25IN4O. The van der Waals surface area contributed by atoms with Gasteiger partial charge < -0.3 is 15.4 Å². The van der Waals surface area contributed by atoms with Gasteiger partial charge in [0.25, 0.3) is 0 Å². The summed E-state index contributed by atoms with van der Waals surface area (Å²) in [6.07, 6.45) is 5.71. The van der Waals surface area contributed by atoms with Crippen LogP contribution in [0, 0.1) is 0 Å². The molecule has 0 aliphatic rings. The highest BCUT2D eigenvalue weighted by Crippen LogP contribution is 2.04. The molecule has 0 spiro atoms. The van der Waals surface area contributed by atoms with Crippen molar-refractivity contribution < 1.29 is 4.74 Å². The summed E-state index contributed by atoms with van der Waals surface area (Å²) in [5.74, 6) is 1.64. The van der Waals surface area contributed by atoms with Gasteiger partial charge in [0.1, 0.15) is 12.4 Å². The standard InChI is InChI=1S/C14H24N4O.HI/c1-3-5-9-17-14(16-4-2)18-10-11-19-13-7-6-8-15-12-13;/h6-8,12H,3-5,9-11H2,1-2H3,(H2,16,17,18);1H. The van der Waals surface area contributed by atoms with Crippen molar-refractivity contribution in [3.05, 3.63) is 24.5 Å². The lowest BCUT2D eigenvalue weighted by molar-refractivity contribution is 0.320. The molecule has 0 radical (unpaired) electrons. The predicted octanol–water partition coefficient (Wildman–Crippen LogP) is 2.43. The second-order valence-corrected chi connectivity index (χ2v) is 4.08. The van der Waals surface area contributed by atoms with E-state index in [1.54, 1.807) is 12.4 Å². The molecule has 2 N–H and O–H groups in total. The van der Waals surface area contributed by atoms with Gasteiger partial charge in [-0.25, -0.2) is 0 Å². The summed E-state index contributed by atoms with van der Waals surface area (Å²) in [7, 11) is 0. The highest BCUT2D eigenvalue weighted by atomic mass is 127. The maximum absolute atomic E-state index is 5.55. The second kappa shape index (κ2) is 13.0. The Morgan fingerprint density at radius 2 is 2.20 bits per heavy atom. The van der Waals surface area contributed by atoms with Crippen LogP contribution in [0.5, 0.6) is 5.75 Å². The third-order valence-corrected chi connectivity index (χ3v) is 2.42. The Balaban J connectivity index is 0.00000361. The number of aromatic nitrogens is 1. The van der Waals surface area contributed by atoms with Crippen LogP contribution in [0.3, 0.4) is 0 Å². The molecule has 0 amide bonds. The van der Waals surface area contributed by atoms with Gasteiger partial charge in [0.05, 0.1) is 12.7 Å². The number of nitrogens with one attached hydrogen (secondary N) is 2. The lowest BCUT2D eigenvalue weighted by Gasteiger charge is -2.11. The second-order valence-electron chi connectivity index (χ2n) is 4.08. The van der Waals surface area contributed by atoms with Crippen molar-refractivity contribution in [2.45, 2.75) is 26.7 Å².